The highest BCUT2D eigenvalue weighted by molar-refractivity contribution is 5.94. The van der Waals surface area contributed by atoms with Crippen molar-refractivity contribution >= 4 is 11.8 Å². The highest BCUT2D eigenvalue weighted by Gasteiger charge is 2.09. The number of aromatic nitrogens is 2. The fourth-order valence-electron chi connectivity index (χ4n) is 2.00. The minimum absolute atomic E-state index is 0.0179. The number of benzene rings is 1. The molecule has 0 spiro atoms. The van der Waals surface area contributed by atoms with Crippen LogP contribution in [0.25, 0.3) is 5.69 Å². The Bertz CT molecular complexity index is 687. The monoisotopic (exact) mass is 314 g/mol. The number of hydrogen-bond acceptors (Lipinski definition) is 3. The Morgan fingerprint density at radius 2 is 1.87 bits per heavy atom. The molecule has 0 aliphatic heterocycles. The number of nitrogens with one attached hydrogen (secondary N) is 1. The van der Waals surface area contributed by atoms with Crippen molar-refractivity contribution in [1.29, 1.82) is 0 Å². The summed E-state index contributed by atoms with van der Waals surface area (Å²) in [7, 11) is 3.45. The average Bonchev–Trinajstić information content (AvgIpc) is 3.00. The minimum Gasteiger partial charge on any atom is -0.352 e. The van der Waals surface area contributed by atoms with Crippen LogP contribution in [0.4, 0.5) is 0 Å². The molecular weight excluding hydrogens is 292 g/mol. The molecule has 1 aromatic carbocycles. The maximum atomic E-state index is 11.9. The van der Waals surface area contributed by atoms with E-state index in [-0.39, 0.29) is 17.7 Å². The number of amides is 2. The van der Waals surface area contributed by atoms with Gasteiger partial charge in [-0.15, -0.1) is 0 Å². The summed E-state index contributed by atoms with van der Waals surface area (Å²) in [4.78, 5) is 25.0. The fourth-order valence-corrected chi connectivity index (χ4v) is 2.00. The van der Waals surface area contributed by atoms with Gasteiger partial charge in [-0.25, -0.2) is 4.68 Å². The number of hydrogen-bond donors (Lipinski definition) is 1. The molecule has 1 N–H and O–H groups in total. The molecule has 122 valence electrons. The van der Waals surface area contributed by atoms with Crippen LogP contribution in [0.15, 0.2) is 36.7 Å². The van der Waals surface area contributed by atoms with Crippen LogP contribution in [0.5, 0.6) is 0 Å². The van der Waals surface area contributed by atoms with Crippen LogP contribution in [0.2, 0.25) is 0 Å². The van der Waals surface area contributed by atoms with Gasteiger partial charge in [0, 0.05) is 43.9 Å². The molecule has 6 heteroatoms. The smallest absolute Gasteiger partial charge is 0.253 e. The Labute approximate surface area is 136 Å². The molecule has 23 heavy (non-hydrogen) atoms. The summed E-state index contributed by atoms with van der Waals surface area (Å²) in [5.41, 5.74) is 2.42. The Hall–Kier alpha value is -2.63. The molecule has 0 atom stereocenters. The topological polar surface area (TPSA) is 67.2 Å². The van der Waals surface area contributed by atoms with E-state index >= 15 is 0 Å². The molecule has 0 fully saturated rings. The van der Waals surface area contributed by atoms with E-state index in [4.69, 9.17) is 0 Å². The molecule has 2 rings (SSSR count). The summed E-state index contributed by atoms with van der Waals surface area (Å²) < 4.78 is 1.72. The van der Waals surface area contributed by atoms with Crippen molar-refractivity contribution in [3.63, 3.8) is 0 Å². The summed E-state index contributed by atoms with van der Waals surface area (Å²) in [5.74, 6) is -0.0507. The number of carbonyl (C=O) groups excluding carboxylic acids is 2. The maximum absolute atomic E-state index is 11.9. The Balaban J connectivity index is 2.05. The Kier molecular flexibility index (Phi) is 5.16. The van der Waals surface area contributed by atoms with Gasteiger partial charge in [-0.1, -0.05) is 13.8 Å². The third-order valence-electron chi connectivity index (χ3n) is 3.41. The molecule has 0 bridgehead atoms. The lowest BCUT2D eigenvalue weighted by Crippen LogP contribution is -2.26. The van der Waals surface area contributed by atoms with Crippen LogP contribution in [0.1, 0.15) is 29.8 Å². The highest BCUT2D eigenvalue weighted by atomic mass is 16.2. The van der Waals surface area contributed by atoms with Crippen molar-refractivity contribution in [3.05, 3.63) is 47.8 Å². The number of nitrogens with zero attached hydrogens (tertiary/aromatic N) is 3. The minimum atomic E-state index is -0.0353. The molecule has 2 amide bonds. The summed E-state index contributed by atoms with van der Waals surface area (Å²) >= 11 is 0. The molecule has 0 aliphatic carbocycles. The van der Waals surface area contributed by atoms with Crippen molar-refractivity contribution in [1.82, 2.24) is 20.0 Å². The first-order valence-electron chi connectivity index (χ1n) is 7.52. The van der Waals surface area contributed by atoms with E-state index in [2.05, 4.69) is 10.4 Å². The first-order valence-corrected chi connectivity index (χ1v) is 7.52. The van der Waals surface area contributed by atoms with Gasteiger partial charge >= 0.3 is 0 Å². The second-order valence-corrected chi connectivity index (χ2v) is 5.91. The van der Waals surface area contributed by atoms with Crippen molar-refractivity contribution < 1.29 is 9.59 Å². The molecule has 2 aromatic rings. The van der Waals surface area contributed by atoms with Crippen molar-refractivity contribution in [2.24, 2.45) is 5.92 Å². The van der Waals surface area contributed by atoms with Crippen LogP contribution in [0.3, 0.4) is 0 Å². The molecule has 0 radical (unpaired) electrons. The summed E-state index contributed by atoms with van der Waals surface area (Å²) in [6.45, 7) is 4.17. The van der Waals surface area contributed by atoms with Gasteiger partial charge in [0.25, 0.3) is 5.91 Å². The van der Waals surface area contributed by atoms with Crippen LogP contribution in [-0.4, -0.2) is 40.6 Å². The SMILES string of the molecule is CC(C)C(=O)NCc1cnn(-c2ccc(C(=O)N(C)C)cc2)c1. The van der Waals surface area contributed by atoms with Crippen LogP contribution >= 0.6 is 0 Å². The molecular formula is C17H22N4O2. The lowest BCUT2D eigenvalue weighted by atomic mass is 10.2. The van der Waals surface area contributed by atoms with Crippen LogP contribution in [0, 0.1) is 5.92 Å². The second kappa shape index (κ2) is 7.09. The lowest BCUT2D eigenvalue weighted by Gasteiger charge is -2.10. The quantitative estimate of drug-likeness (QED) is 0.916. The van der Waals surface area contributed by atoms with E-state index in [1.165, 1.54) is 0 Å². The second-order valence-electron chi connectivity index (χ2n) is 5.91. The third kappa shape index (κ3) is 4.18. The Morgan fingerprint density at radius 3 is 2.43 bits per heavy atom. The predicted molar refractivity (Wildman–Crippen MR) is 88.3 cm³/mol. The maximum Gasteiger partial charge on any atom is 0.253 e. The molecule has 1 aromatic heterocycles. The van der Waals surface area contributed by atoms with Crippen molar-refractivity contribution in [3.8, 4) is 5.69 Å². The zero-order chi connectivity index (χ0) is 17.0. The normalized spacial score (nSPS) is 10.7. The number of rotatable bonds is 5. The largest absolute Gasteiger partial charge is 0.352 e. The first-order chi connectivity index (χ1) is 10.9. The molecule has 0 saturated heterocycles. The zero-order valence-electron chi connectivity index (χ0n) is 13.9. The van der Waals surface area contributed by atoms with Crippen molar-refractivity contribution in [2.75, 3.05) is 14.1 Å². The van der Waals surface area contributed by atoms with Gasteiger partial charge in [0.2, 0.25) is 5.91 Å². The van der Waals surface area contributed by atoms with Gasteiger partial charge in [-0.2, -0.15) is 5.10 Å². The van der Waals surface area contributed by atoms with Crippen LogP contribution in [-0.2, 0) is 11.3 Å². The van der Waals surface area contributed by atoms with Gasteiger partial charge in [-0.05, 0) is 24.3 Å². The van der Waals surface area contributed by atoms with Gasteiger partial charge in [0.15, 0.2) is 0 Å². The molecule has 1 heterocycles. The standard InChI is InChI=1S/C17H22N4O2/c1-12(2)16(22)18-9-13-10-19-21(11-13)15-7-5-14(6-8-15)17(23)20(3)4/h5-8,10-12H,9H2,1-4H3,(H,18,22). The predicted octanol–water partition coefficient (Wildman–Crippen LogP) is 1.85. The Morgan fingerprint density at radius 1 is 1.22 bits per heavy atom. The van der Waals surface area contributed by atoms with E-state index in [9.17, 15) is 9.59 Å². The van der Waals surface area contributed by atoms with E-state index in [1.54, 1.807) is 42.0 Å². The summed E-state index contributed by atoms with van der Waals surface area (Å²) in [6.07, 6.45) is 3.59. The molecule has 0 aliphatic rings. The molecule has 0 unspecified atom stereocenters. The first kappa shape index (κ1) is 16.7. The number of carbonyl (C=O) groups is 2. The van der Waals surface area contributed by atoms with E-state index < -0.39 is 0 Å². The van der Waals surface area contributed by atoms with Gasteiger partial charge in [0.05, 0.1) is 11.9 Å². The summed E-state index contributed by atoms with van der Waals surface area (Å²) in [6, 6.07) is 7.25. The van der Waals surface area contributed by atoms with Gasteiger partial charge in [-0.3, -0.25) is 9.59 Å². The fraction of sp³-hybridized carbons (Fsp3) is 0.353. The van der Waals surface area contributed by atoms with E-state index in [0.29, 0.717) is 12.1 Å². The molecule has 0 saturated carbocycles. The lowest BCUT2D eigenvalue weighted by molar-refractivity contribution is -0.124. The highest BCUT2D eigenvalue weighted by Crippen LogP contribution is 2.11. The van der Waals surface area contributed by atoms with Crippen LogP contribution < -0.4 is 5.32 Å². The van der Waals surface area contributed by atoms with E-state index in [1.807, 2.05) is 32.2 Å². The average molecular weight is 314 g/mol. The summed E-state index contributed by atoms with van der Waals surface area (Å²) in [5, 5.41) is 7.15. The van der Waals surface area contributed by atoms with Crippen molar-refractivity contribution in [2.45, 2.75) is 20.4 Å². The third-order valence-corrected chi connectivity index (χ3v) is 3.41. The van der Waals surface area contributed by atoms with Gasteiger partial charge in [0.1, 0.15) is 0 Å². The van der Waals surface area contributed by atoms with E-state index in [0.717, 1.165) is 11.3 Å². The molecule has 6 nitrogen and oxygen atoms in total. The zero-order valence-corrected chi connectivity index (χ0v) is 13.9. The van der Waals surface area contributed by atoms with Gasteiger partial charge < -0.3 is 10.2 Å².